The van der Waals surface area contributed by atoms with Gasteiger partial charge in [0.1, 0.15) is 195 Å². The van der Waals surface area contributed by atoms with Crippen molar-refractivity contribution in [2.45, 2.75) is 360 Å². The number of allylic oxidation sites excluding steroid dienone is 1. The standard InChI is InChI=1S/C79H126N8O49/c1-14-15-117-72-48(84-32(10)100)64(118-24(2)68(109)110)60(40(20-92)123-72)134-74-45(81-29(7)97)54(106)57(37(17-89)124-74)131-78-50(86-34(12)102)66(120-26(4)70(113)114)62(42(22-94)128-78)136-76-47(83-31(9)99)56(108)59(39(19-91)126-76)132-79-51(87-35(13)103)67(121-27(5)71(115)116)63(43(23-95)129-79)135-75-46(82-30(8)98)55(107)58(38(18-90)125-75)130-77-49(85-33(11)101)65(119-25(3)69(111)112)61(41(21-93)127-77)133-73-44(80-28(6)96)53(105)52(104)36(16-88)122-73/h14-15,24-27,36-67,72-79,88-95,104-108H,16-23H2,1-13H3,(H,80,96)(H,81,97)(H,82,98)(H,83,99)(H,84,100)(H,85,101)(H,86,102)(H,87,103)(H,109,110)(H,111,112)(H,113,114)(H,115,116)/b15-14+/t24-,25-,26-,27-,36-,37-,38-,39-,40-,41-,42-,43-,44-,45-,46-,47-,48-,49-,50-,51-,52-,53-,54-,55-,56-,57-,58-,59-,60-,61-,62-,63-,64-,65-,66-,67-,72?,73+,74+,75+,76+,77+,78+,79+/m1/s1. The largest absolute Gasteiger partial charge is 0.479 e. The molecule has 44 atom stereocenters. The Kier molecular flexibility index (Phi) is 42.7. The quantitative estimate of drug-likeness (QED) is 0.0252. The van der Waals surface area contributed by atoms with E-state index < -0.39 is 394 Å². The average Bonchev–Trinajstić information content (AvgIpc) is 0.752. The van der Waals surface area contributed by atoms with Crippen LogP contribution >= 0.6 is 0 Å². The number of carbonyl (C=O) groups excluding carboxylic acids is 8. The number of aliphatic hydroxyl groups excluding tert-OH is 13. The van der Waals surface area contributed by atoms with Gasteiger partial charge in [0.25, 0.3) is 0 Å². The molecular formula is C79H126N8O49. The van der Waals surface area contributed by atoms with Crippen molar-refractivity contribution in [1.82, 2.24) is 42.5 Å². The number of carboxylic acids is 4. The molecule has 0 bridgehead atoms. The first-order valence-corrected chi connectivity index (χ1v) is 43.2. The first-order valence-electron chi connectivity index (χ1n) is 43.2. The van der Waals surface area contributed by atoms with Gasteiger partial charge in [-0.25, -0.2) is 19.2 Å². The number of ether oxygens (including phenoxy) is 20. The topological polar surface area (TPSA) is 830 Å². The Hall–Kier alpha value is -8.10. The Balaban J connectivity index is 1.11. The van der Waals surface area contributed by atoms with E-state index in [2.05, 4.69) is 42.5 Å². The number of carboxylic acid groups (broad SMARTS) is 4. The van der Waals surface area contributed by atoms with Crippen molar-refractivity contribution in [3.8, 4) is 0 Å². The summed E-state index contributed by atoms with van der Waals surface area (Å²) in [4.78, 5) is 156. The number of hydrogen-bond donors (Lipinski definition) is 25. The Morgan fingerprint density at radius 1 is 0.250 bits per heavy atom. The first kappa shape index (κ1) is 113. The fraction of sp³-hybridized carbons (Fsp3) is 0.823. The summed E-state index contributed by atoms with van der Waals surface area (Å²) in [7, 11) is 0. The fourth-order valence-electron chi connectivity index (χ4n) is 16.7. The zero-order chi connectivity index (χ0) is 101. The molecule has 57 nitrogen and oxygen atoms in total. The van der Waals surface area contributed by atoms with Gasteiger partial charge < -0.3 is 224 Å². The number of carbonyl (C=O) groups is 12. The van der Waals surface area contributed by atoms with Crippen LogP contribution in [0.5, 0.6) is 0 Å². The van der Waals surface area contributed by atoms with Gasteiger partial charge in [-0.3, -0.25) is 38.4 Å². The summed E-state index contributed by atoms with van der Waals surface area (Å²) in [6.07, 6.45) is -68.4. The van der Waals surface area contributed by atoms with Gasteiger partial charge in [-0.2, -0.15) is 0 Å². The number of hydrogen-bond acceptors (Lipinski definition) is 45. The van der Waals surface area contributed by atoms with Crippen LogP contribution in [0.25, 0.3) is 0 Å². The Morgan fingerprint density at radius 2 is 0.419 bits per heavy atom. The van der Waals surface area contributed by atoms with Gasteiger partial charge in [-0.1, -0.05) is 6.08 Å². The maximum Gasteiger partial charge on any atom is 0.332 e. The molecule has 0 aromatic rings. The molecule has 57 heteroatoms. The van der Waals surface area contributed by atoms with Gasteiger partial charge in [-0.05, 0) is 34.6 Å². The summed E-state index contributed by atoms with van der Waals surface area (Å²) in [5, 5.41) is 209. The van der Waals surface area contributed by atoms with Crippen LogP contribution in [0, 0.1) is 0 Å². The second kappa shape index (κ2) is 51.4. The molecule has 8 amide bonds. The minimum atomic E-state index is -2.33. The SMILES string of the molecule is C/C=C/OC1O[C@H](CO)[C@@H](O[C@@H]2O[C@H](CO)[C@@H](O[C@@H]3O[C@H](CO)[C@@H](O[C@@H]4O[C@H](CO)[C@@H](O[C@@H]5O[C@H](CO)[C@@H](O[C@@H]6O[C@H](CO)[C@@H](O[C@@H]7O[C@H](CO)[C@@H](O[C@@H]8O[C@H](CO)[C@@H](O)[C@H](O)[C@H]8NC(C)=O)[C@H](O[C@H](C)C(=O)O)[C@H]7NC(C)=O)[C@H](O)[C@H]6NC(C)=O)[C@H](O[C@H](C)C(=O)O)[C@H]5NC(C)=O)[C@H](O)[C@H]4NC(C)=O)[C@H](O[C@H](C)C(=O)O)[C@H]3NC(C)=O)[C@H](O)[C@H]2NC(C)=O)[C@H](O[C@H](C)C(=O)O)[C@H]1NC(C)=O. The Labute approximate surface area is 775 Å². The van der Waals surface area contributed by atoms with Gasteiger partial charge in [0.15, 0.2) is 68.4 Å². The van der Waals surface area contributed by atoms with Crippen LogP contribution in [0.15, 0.2) is 12.3 Å². The van der Waals surface area contributed by atoms with Crippen LogP contribution in [0.3, 0.4) is 0 Å². The van der Waals surface area contributed by atoms with E-state index in [0.717, 1.165) is 89.3 Å². The van der Waals surface area contributed by atoms with E-state index >= 15 is 0 Å². The van der Waals surface area contributed by atoms with Crippen LogP contribution in [-0.4, -0.2) is 480 Å². The van der Waals surface area contributed by atoms with Crippen molar-refractivity contribution in [2.24, 2.45) is 0 Å². The molecule has 8 fully saturated rings. The zero-order valence-corrected chi connectivity index (χ0v) is 75.9. The first-order chi connectivity index (χ1) is 64.1. The lowest BCUT2D eigenvalue weighted by Crippen LogP contribution is -2.73. The average molecular weight is 1970 g/mol. The highest BCUT2D eigenvalue weighted by atomic mass is 16.8. The molecule has 8 saturated heterocycles. The van der Waals surface area contributed by atoms with Crippen LogP contribution in [-0.2, 0) is 152 Å². The molecule has 8 heterocycles. The highest BCUT2D eigenvalue weighted by Crippen LogP contribution is 2.42. The van der Waals surface area contributed by atoms with Crippen molar-refractivity contribution in [1.29, 1.82) is 0 Å². The van der Waals surface area contributed by atoms with Crippen molar-refractivity contribution >= 4 is 71.1 Å². The second-order valence-corrected chi connectivity index (χ2v) is 33.2. The van der Waals surface area contributed by atoms with E-state index in [1.54, 1.807) is 6.92 Å². The summed E-state index contributed by atoms with van der Waals surface area (Å²) in [6.45, 7) is 4.29. The van der Waals surface area contributed by atoms with Crippen LogP contribution in [0.4, 0.5) is 0 Å². The van der Waals surface area contributed by atoms with Gasteiger partial charge in [0, 0.05) is 55.4 Å². The molecule has 0 radical (unpaired) electrons. The number of aliphatic hydroxyl groups is 13. The van der Waals surface area contributed by atoms with E-state index in [0.29, 0.717) is 0 Å². The number of aliphatic carboxylic acids is 4. The molecular weight excluding hydrogens is 1840 g/mol. The van der Waals surface area contributed by atoms with E-state index in [1.165, 1.54) is 6.08 Å². The highest BCUT2D eigenvalue weighted by Gasteiger charge is 2.63. The Bertz CT molecular complexity index is 4000. The lowest BCUT2D eigenvalue weighted by Gasteiger charge is -2.53. The maximum absolute atomic E-state index is 13.6. The van der Waals surface area contributed by atoms with Crippen LogP contribution < -0.4 is 42.5 Å². The zero-order valence-electron chi connectivity index (χ0n) is 75.9. The smallest absolute Gasteiger partial charge is 0.332 e. The minimum absolute atomic E-state index is 0.729. The second-order valence-electron chi connectivity index (χ2n) is 33.2. The Morgan fingerprint density at radius 3 is 0.618 bits per heavy atom. The molecule has 136 heavy (non-hydrogen) atoms. The summed E-state index contributed by atoms with van der Waals surface area (Å²) < 4.78 is 124. The third-order valence-electron chi connectivity index (χ3n) is 22.9. The molecule has 0 aromatic heterocycles. The van der Waals surface area contributed by atoms with Crippen molar-refractivity contribution in [3.63, 3.8) is 0 Å². The monoisotopic (exact) mass is 1970 g/mol. The van der Waals surface area contributed by atoms with E-state index in [1.807, 2.05) is 0 Å². The molecule has 0 aliphatic carbocycles. The number of nitrogens with one attached hydrogen (secondary N) is 8. The molecule has 0 aromatic carbocycles. The molecule has 8 aliphatic rings. The molecule has 776 valence electrons. The maximum atomic E-state index is 13.6. The molecule has 8 aliphatic heterocycles. The molecule has 1 unspecified atom stereocenters. The van der Waals surface area contributed by atoms with Gasteiger partial charge in [0.2, 0.25) is 53.5 Å². The predicted octanol–water partition coefficient (Wildman–Crippen LogP) is -13.8. The fourth-order valence-corrected chi connectivity index (χ4v) is 16.7. The summed E-state index contributed by atoms with van der Waals surface area (Å²) in [5.74, 6) is -13.9. The van der Waals surface area contributed by atoms with E-state index in [9.17, 15) is 144 Å². The van der Waals surface area contributed by atoms with Crippen LogP contribution in [0.1, 0.15) is 90.0 Å². The van der Waals surface area contributed by atoms with E-state index in [4.69, 9.17) is 94.7 Å². The molecule has 0 saturated carbocycles. The van der Waals surface area contributed by atoms with Gasteiger partial charge >= 0.3 is 23.9 Å². The summed E-state index contributed by atoms with van der Waals surface area (Å²) in [6, 6.07) is -14.9. The van der Waals surface area contributed by atoms with Gasteiger partial charge in [0.05, 0.1) is 59.1 Å². The number of amides is 8. The predicted molar refractivity (Wildman–Crippen MR) is 435 cm³/mol. The van der Waals surface area contributed by atoms with Crippen LogP contribution in [0.2, 0.25) is 0 Å². The van der Waals surface area contributed by atoms with Gasteiger partial charge in [-0.15, -0.1) is 0 Å². The molecule has 25 N–H and O–H groups in total. The number of rotatable bonds is 44. The van der Waals surface area contributed by atoms with E-state index in [-0.39, 0.29) is 0 Å². The highest BCUT2D eigenvalue weighted by molar-refractivity contribution is 5.77. The lowest BCUT2D eigenvalue weighted by atomic mass is 9.92. The normalized spacial score (nSPS) is 39.6. The third-order valence-corrected chi connectivity index (χ3v) is 22.9. The van der Waals surface area contributed by atoms with Crippen molar-refractivity contribution < 1.29 is 239 Å². The van der Waals surface area contributed by atoms with Crippen molar-refractivity contribution in [2.75, 3.05) is 52.9 Å². The summed E-state index contributed by atoms with van der Waals surface area (Å²) in [5.41, 5.74) is 0. The minimum Gasteiger partial charge on any atom is -0.479 e. The molecule has 0 spiro atoms. The molecule has 8 rings (SSSR count). The van der Waals surface area contributed by atoms with Crippen molar-refractivity contribution in [3.05, 3.63) is 12.3 Å². The third kappa shape index (κ3) is 28.2. The summed E-state index contributed by atoms with van der Waals surface area (Å²) >= 11 is 0. The lowest BCUT2D eigenvalue weighted by molar-refractivity contribution is -0.377.